The lowest BCUT2D eigenvalue weighted by Crippen LogP contribution is -2.10. The molecule has 0 amide bonds. The van der Waals surface area contributed by atoms with E-state index in [1.807, 2.05) is 37.3 Å². The zero-order valence-corrected chi connectivity index (χ0v) is 22.9. The Labute approximate surface area is 237 Å². The maximum atomic E-state index is 13.8. The van der Waals surface area contributed by atoms with Crippen LogP contribution in [0.5, 0.6) is 23.0 Å². The molecule has 7 nitrogen and oxygen atoms in total. The van der Waals surface area contributed by atoms with Crippen LogP contribution in [-0.4, -0.2) is 32.6 Å². The largest absolute Gasteiger partial charge is 0.497 e. The van der Waals surface area contributed by atoms with Crippen molar-refractivity contribution in [2.24, 2.45) is 0 Å². The summed E-state index contributed by atoms with van der Waals surface area (Å²) in [6.45, 7) is 2.37. The first-order valence-electron chi connectivity index (χ1n) is 13.0. The Morgan fingerprint density at radius 1 is 0.805 bits per heavy atom. The Balaban J connectivity index is 1.49. The van der Waals surface area contributed by atoms with Gasteiger partial charge in [0.1, 0.15) is 39.9 Å². The first kappa shape index (κ1) is 27.3. The highest BCUT2D eigenvalue weighted by Gasteiger charge is 2.25. The van der Waals surface area contributed by atoms with E-state index in [1.54, 1.807) is 73.8 Å². The van der Waals surface area contributed by atoms with Crippen LogP contribution in [0.3, 0.4) is 0 Å². The standard InChI is InChI=1S/C34H28O7/c1-4-39-25-16-19-30-27(20-25)32(33(40-30)23-11-6-5-7-12-23)34(36)41-29-13-9-8-10-22(29)14-18-28(35)26-17-15-24(37-2)21-31(26)38-3/h5-21H,4H2,1-3H3. The van der Waals surface area contributed by atoms with Gasteiger partial charge in [-0.3, -0.25) is 4.79 Å². The summed E-state index contributed by atoms with van der Waals surface area (Å²) >= 11 is 0. The van der Waals surface area contributed by atoms with Crippen LogP contribution >= 0.6 is 0 Å². The normalized spacial score (nSPS) is 11.0. The minimum absolute atomic E-state index is 0.277. The van der Waals surface area contributed by atoms with E-state index < -0.39 is 5.97 Å². The SMILES string of the molecule is CCOc1ccc2oc(-c3ccccc3)c(C(=O)Oc3ccccc3C=CC(=O)c3ccc(OC)cc3OC)c2c1. The predicted octanol–water partition coefficient (Wildman–Crippen LogP) is 7.63. The van der Waals surface area contributed by atoms with Gasteiger partial charge in [0.15, 0.2) is 5.78 Å². The number of ketones is 1. The van der Waals surface area contributed by atoms with Crippen LogP contribution in [0.4, 0.5) is 0 Å². The highest BCUT2D eigenvalue weighted by Crippen LogP contribution is 2.37. The maximum absolute atomic E-state index is 13.8. The van der Waals surface area contributed by atoms with Crippen molar-refractivity contribution in [1.82, 2.24) is 0 Å². The molecule has 0 fully saturated rings. The summed E-state index contributed by atoms with van der Waals surface area (Å²) in [6, 6.07) is 26.7. The number of ether oxygens (including phenoxy) is 4. The van der Waals surface area contributed by atoms with E-state index in [0.29, 0.717) is 51.7 Å². The molecule has 0 unspecified atom stereocenters. The Hall–Kier alpha value is -5.30. The van der Waals surface area contributed by atoms with Gasteiger partial charge in [0.05, 0.1) is 26.4 Å². The molecule has 1 aromatic heterocycles. The molecule has 0 aliphatic rings. The molecule has 0 N–H and O–H groups in total. The van der Waals surface area contributed by atoms with Gasteiger partial charge < -0.3 is 23.4 Å². The summed E-state index contributed by atoms with van der Waals surface area (Å²) in [7, 11) is 3.03. The van der Waals surface area contributed by atoms with Gasteiger partial charge in [0.25, 0.3) is 0 Å². The fraction of sp³-hybridized carbons (Fsp3) is 0.118. The molecular weight excluding hydrogens is 520 g/mol. The van der Waals surface area contributed by atoms with Gasteiger partial charge in [-0.15, -0.1) is 0 Å². The van der Waals surface area contributed by atoms with E-state index in [4.69, 9.17) is 23.4 Å². The Morgan fingerprint density at radius 3 is 2.32 bits per heavy atom. The van der Waals surface area contributed by atoms with E-state index in [1.165, 1.54) is 13.2 Å². The van der Waals surface area contributed by atoms with E-state index in [2.05, 4.69) is 0 Å². The molecule has 5 aromatic rings. The second-order valence-corrected chi connectivity index (χ2v) is 8.95. The molecule has 7 heteroatoms. The smallest absolute Gasteiger partial charge is 0.348 e. The molecule has 0 saturated heterocycles. The minimum atomic E-state index is -0.597. The summed E-state index contributed by atoms with van der Waals surface area (Å²) in [5.41, 5.74) is 2.48. The van der Waals surface area contributed by atoms with Crippen LogP contribution < -0.4 is 18.9 Å². The number of para-hydroxylation sites is 1. The van der Waals surface area contributed by atoms with Crippen molar-refractivity contribution in [2.75, 3.05) is 20.8 Å². The summed E-state index contributed by atoms with van der Waals surface area (Å²) in [6.07, 6.45) is 3.02. The summed E-state index contributed by atoms with van der Waals surface area (Å²) in [4.78, 5) is 26.8. The molecule has 0 spiro atoms. The third-order valence-corrected chi connectivity index (χ3v) is 6.42. The van der Waals surface area contributed by atoms with Gasteiger partial charge in [-0.1, -0.05) is 48.5 Å². The summed E-state index contributed by atoms with van der Waals surface area (Å²) < 4.78 is 28.3. The minimum Gasteiger partial charge on any atom is -0.497 e. The quantitative estimate of drug-likeness (QED) is 0.0768. The molecule has 1 heterocycles. The third kappa shape index (κ3) is 5.84. The second-order valence-electron chi connectivity index (χ2n) is 8.95. The second kappa shape index (κ2) is 12.3. The molecule has 0 bridgehead atoms. The van der Waals surface area contributed by atoms with Gasteiger partial charge >= 0.3 is 5.97 Å². The first-order chi connectivity index (χ1) is 20.0. The number of carbonyl (C=O) groups excluding carboxylic acids is 2. The van der Waals surface area contributed by atoms with Crippen LogP contribution in [0.15, 0.2) is 101 Å². The van der Waals surface area contributed by atoms with Crippen molar-refractivity contribution in [1.29, 1.82) is 0 Å². The van der Waals surface area contributed by atoms with Gasteiger partial charge in [-0.25, -0.2) is 4.79 Å². The average Bonchev–Trinajstić information content (AvgIpc) is 3.40. The van der Waals surface area contributed by atoms with Crippen LogP contribution in [0, 0.1) is 0 Å². The zero-order valence-electron chi connectivity index (χ0n) is 22.9. The topological polar surface area (TPSA) is 84.2 Å². The lowest BCUT2D eigenvalue weighted by molar-refractivity contribution is 0.0736. The van der Waals surface area contributed by atoms with Crippen molar-refractivity contribution < 1.29 is 33.0 Å². The van der Waals surface area contributed by atoms with E-state index in [0.717, 1.165) is 5.56 Å². The number of esters is 1. The third-order valence-electron chi connectivity index (χ3n) is 6.42. The highest BCUT2D eigenvalue weighted by molar-refractivity contribution is 6.10. The van der Waals surface area contributed by atoms with Crippen molar-refractivity contribution >= 4 is 28.8 Å². The Morgan fingerprint density at radius 2 is 1.56 bits per heavy atom. The molecule has 5 rings (SSSR count). The van der Waals surface area contributed by atoms with Gasteiger partial charge in [-0.2, -0.15) is 0 Å². The van der Waals surface area contributed by atoms with Crippen LogP contribution in [0.1, 0.15) is 33.2 Å². The van der Waals surface area contributed by atoms with Crippen LogP contribution in [0.25, 0.3) is 28.4 Å². The molecule has 206 valence electrons. The molecule has 0 radical (unpaired) electrons. The van der Waals surface area contributed by atoms with Gasteiger partial charge in [0.2, 0.25) is 0 Å². The first-order valence-corrected chi connectivity index (χ1v) is 13.0. The molecule has 0 saturated carbocycles. The summed E-state index contributed by atoms with van der Waals surface area (Å²) in [5.74, 6) is 1.40. The van der Waals surface area contributed by atoms with Crippen molar-refractivity contribution in [3.63, 3.8) is 0 Å². The van der Waals surface area contributed by atoms with Gasteiger partial charge in [0, 0.05) is 22.6 Å². The lowest BCUT2D eigenvalue weighted by Gasteiger charge is -2.09. The highest BCUT2D eigenvalue weighted by atomic mass is 16.5. The average molecular weight is 549 g/mol. The Kier molecular flexibility index (Phi) is 8.15. The molecule has 0 atom stereocenters. The number of hydrogen-bond donors (Lipinski definition) is 0. The van der Waals surface area contributed by atoms with Crippen molar-refractivity contribution in [2.45, 2.75) is 6.92 Å². The fourth-order valence-electron chi connectivity index (χ4n) is 4.45. The number of rotatable bonds is 10. The van der Waals surface area contributed by atoms with Crippen LogP contribution in [0.2, 0.25) is 0 Å². The van der Waals surface area contributed by atoms with E-state index in [-0.39, 0.29) is 17.1 Å². The van der Waals surface area contributed by atoms with E-state index in [9.17, 15) is 9.59 Å². The number of allylic oxidation sites excluding steroid dienone is 1. The number of carbonyl (C=O) groups is 2. The number of furan rings is 1. The van der Waals surface area contributed by atoms with Gasteiger partial charge in [-0.05, 0) is 55.5 Å². The monoisotopic (exact) mass is 548 g/mol. The molecule has 41 heavy (non-hydrogen) atoms. The predicted molar refractivity (Wildman–Crippen MR) is 157 cm³/mol. The molecule has 0 aliphatic heterocycles. The summed E-state index contributed by atoms with van der Waals surface area (Å²) in [5, 5.41) is 0.578. The fourth-order valence-corrected chi connectivity index (χ4v) is 4.45. The number of methoxy groups -OCH3 is 2. The van der Waals surface area contributed by atoms with Crippen LogP contribution in [-0.2, 0) is 0 Å². The Bertz CT molecular complexity index is 1730. The molecular formula is C34H28O7. The van der Waals surface area contributed by atoms with Crippen molar-refractivity contribution in [3.05, 3.63) is 114 Å². The number of benzene rings is 4. The van der Waals surface area contributed by atoms with E-state index >= 15 is 0 Å². The molecule has 4 aromatic carbocycles. The maximum Gasteiger partial charge on any atom is 0.348 e. The number of hydrogen-bond acceptors (Lipinski definition) is 7. The lowest BCUT2D eigenvalue weighted by atomic mass is 10.1. The zero-order chi connectivity index (χ0) is 28.8. The van der Waals surface area contributed by atoms with Crippen molar-refractivity contribution in [3.8, 4) is 34.3 Å². The number of fused-ring (bicyclic) bond motifs is 1. The molecule has 0 aliphatic carbocycles.